The minimum Gasteiger partial charge on any atom is -0.330 e. The predicted molar refractivity (Wildman–Crippen MR) is 60.1 cm³/mol. The van der Waals surface area contributed by atoms with Gasteiger partial charge in [-0.3, -0.25) is 4.68 Å². The Labute approximate surface area is 95.1 Å². The lowest BCUT2D eigenvalue weighted by atomic mass is 10.3. The highest BCUT2D eigenvalue weighted by atomic mass is 32.2. The van der Waals surface area contributed by atoms with Crippen molar-refractivity contribution >= 4 is 10.0 Å². The van der Waals surface area contributed by atoms with Crippen LogP contribution in [0.2, 0.25) is 0 Å². The molecule has 1 aromatic rings. The van der Waals surface area contributed by atoms with Gasteiger partial charge in [0.05, 0.1) is 18.5 Å². The Kier molecular flexibility index (Phi) is 5.36. The first-order valence-electron chi connectivity index (χ1n) is 5.15. The van der Waals surface area contributed by atoms with E-state index >= 15 is 0 Å². The minimum atomic E-state index is -3.17. The van der Waals surface area contributed by atoms with Gasteiger partial charge in [0.2, 0.25) is 10.0 Å². The van der Waals surface area contributed by atoms with Crippen LogP contribution < -0.4 is 10.5 Å². The second-order valence-electron chi connectivity index (χ2n) is 3.38. The first-order valence-corrected chi connectivity index (χ1v) is 6.81. The number of rotatable bonds is 8. The molecule has 0 saturated carbocycles. The molecule has 1 heterocycles. The van der Waals surface area contributed by atoms with Gasteiger partial charge >= 0.3 is 0 Å². The van der Waals surface area contributed by atoms with Crippen molar-refractivity contribution in [1.82, 2.24) is 19.7 Å². The molecular formula is C8H17N5O2S. The molecule has 0 unspecified atom stereocenters. The van der Waals surface area contributed by atoms with Crippen LogP contribution in [0.15, 0.2) is 12.4 Å². The number of nitrogens with one attached hydrogen (secondary N) is 1. The Hall–Kier alpha value is -0.990. The Balaban J connectivity index is 2.20. The van der Waals surface area contributed by atoms with Gasteiger partial charge in [0.15, 0.2) is 0 Å². The van der Waals surface area contributed by atoms with Crippen LogP contribution in [0.25, 0.3) is 0 Å². The van der Waals surface area contributed by atoms with Gasteiger partial charge in [0, 0.05) is 12.7 Å². The third kappa shape index (κ3) is 5.19. The molecule has 1 rings (SSSR count). The van der Waals surface area contributed by atoms with E-state index in [2.05, 4.69) is 15.0 Å². The molecule has 0 aliphatic heterocycles. The summed E-state index contributed by atoms with van der Waals surface area (Å²) in [5.74, 6) is 0.127. The Morgan fingerprint density at radius 1 is 1.38 bits per heavy atom. The van der Waals surface area contributed by atoms with Crippen molar-refractivity contribution in [1.29, 1.82) is 0 Å². The number of hydrogen-bond donors (Lipinski definition) is 2. The lowest BCUT2D eigenvalue weighted by Crippen LogP contribution is -2.29. The van der Waals surface area contributed by atoms with Crippen LogP contribution in [0.3, 0.4) is 0 Å². The van der Waals surface area contributed by atoms with Crippen LogP contribution in [-0.4, -0.2) is 42.3 Å². The maximum absolute atomic E-state index is 11.4. The zero-order valence-corrected chi connectivity index (χ0v) is 9.86. The zero-order valence-electron chi connectivity index (χ0n) is 9.04. The highest BCUT2D eigenvalue weighted by Gasteiger charge is 2.08. The van der Waals surface area contributed by atoms with Crippen LogP contribution in [0, 0.1) is 0 Å². The van der Waals surface area contributed by atoms with Gasteiger partial charge in [-0.2, -0.15) is 0 Å². The molecular weight excluding hydrogens is 230 g/mol. The standard InChI is InChI=1S/C8H17N5O2S/c9-3-1-2-8-16(14,15)11-5-7-13-6-4-10-12-13/h4,6,11H,1-3,5,7-9H2. The molecule has 1 aromatic heterocycles. The second kappa shape index (κ2) is 6.56. The average Bonchev–Trinajstić information content (AvgIpc) is 2.70. The fraction of sp³-hybridized carbons (Fsp3) is 0.750. The van der Waals surface area contributed by atoms with Crippen molar-refractivity contribution < 1.29 is 8.42 Å². The first kappa shape index (κ1) is 13.1. The molecule has 0 aliphatic rings. The van der Waals surface area contributed by atoms with Crippen molar-refractivity contribution in [3.63, 3.8) is 0 Å². The summed E-state index contributed by atoms with van der Waals surface area (Å²) >= 11 is 0. The lowest BCUT2D eigenvalue weighted by molar-refractivity contribution is 0.550. The molecule has 0 saturated heterocycles. The molecule has 3 N–H and O–H groups in total. The van der Waals surface area contributed by atoms with Crippen molar-refractivity contribution in [2.45, 2.75) is 19.4 Å². The topological polar surface area (TPSA) is 103 Å². The van der Waals surface area contributed by atoms with E-state index in [1.54, 1.807) is 17.1 Å². The summed E-state index contributed by atoms with van der Waals surface area (Å²) < 4.78 is 26.9. The third-order valence-corrected chi connectivity index (χ3v) is 3.47. The molecule has 0 amide bonds. The minimum absolute atomic E-state index is 0.127. The van der Waals surface area contributed by atoms with Gasteiger partial charge in [-0.25, -0.2) is 13.1 Å². The zero-order chi connectivity index (χ0) is 11.9. The number of nitrogens with two attached hydrogens (primary N) is 1. The predicted octanol–water partition coefficient (Wildman–Crippen LogP) is -1.06. The molecule has 0 radical (unpaired) electrons. The van der Waals surface area contributed by atoms with Crippen LogP contribution >= 0.6 is 0 Å². The lowest BCUT2D eigenvalue weighted by Gasteiger charge is -2.05. The summed E-state index contributed by atoms with van der Waals surface area (Å²) in [5.41, 5.74) is 5.29. The molecule has 8 heteroatoms. The molecule has 0 fully saturated rings. The smallest absolute Gasteiger partial charge is 0.211 e. The summed E-state index contributed by atoms with van der Waals surface area (Å²) in [6, 6.07) is 0. The average molecular weight is 247 g/mol. The Bertz CT molecular complexity index is 375. The van der Waals surface area contributed by atoms with Gasteiger partial charge in [-0.05, 0) is 19.4 Å². The summed E-state index contributed by atoms with van der Waals surface area (Å²) in [7, 11) is -3.17. The third-order valence-electron chi connectivity index (χ3n) is 2.00. The Morgan fingerprint density at radius 3 is 2.81 bits per heavy atom. The van der Waals surface area contributed by atoms with Gasteiger partial charge in [0.1, 0.15) is 0 Å². The number of nitrogens with zero attached hydrogens (tertiary/aromatic N) is 3. The van der Waals surface area contributed by atoms with Gasteiger partial charge in [0.25, 0.3) is 0 Å². The van der Waals surface area contributed by atoms with Crippen molar-refractivity contribution in [2.24, 2.45) is 5.73 Å². The molecule has 0 spiro atoms. The Morgan fingerprint density at radius 2 is 2.19 bits per heavy atom. The van der Waals surface area contributed by atoms with Crippen molar-refractivity contribution in [3.05, 3.63) is 12.4 Å². The maximum Gasteiger partial charge on any atom is 0.211 e. The fourth-order valence-corrected chi connectivity index (χ4v) is 2.31. The highest BCUT2D eigenvalue weighted by Crippen LogP contribution is 1.93. The first-order chi connectivity index (χ1) is 7.64. The van der Waals surface area contributed by atoms with Crippen LogP contribution in [-0.2, 0) is 16.6 Å². The molecule has 0 bridgehead atoms. The highest BCUT2D eigenvalue weighted by molar-refractivity contribution is 7.89. The molecule has 0 aliphatic carbocycles. The van der Waals surface area contributed by atoms with E-state index in [4.69, 9.17) is 5.73 Å². The normalized spacial score (nSPS) is 11.8. The van der Waals surface area contributed by atoms with Crippen LogP contribution in [0.4, 0.5) is 0 Å². The van der Waals surface area contributed by atoms with Crippen LogP contribution in [0.5, 0.6) is 0 Å². The quantitative estimate of drug-likeness (QED) is 0.570. The number of sulfonamides is 1. The SMILES string of the molecule is NCCCCS(=O)(=O)NCCn1ccnn1. The molecule has 7 nitrogen and oxygen atoms in total. The molecule has 0 aromatic carbocycles. The number of aromatic nitrogens is 3. The molecule has 0 atom stereocenters. The van der Waals surface area contributed by atoms with E-state index < -0.39 is 10.0 Å². The van der Waals surface area contributed by atoms with Crippen LogP contribution in [0.1, 0.15) is 12.8 Å². The van der Waals surface area contributed by atoms with E-state index in [0.717, 1.165) is 6.42 Å². The maximum atomic E-state index is 11.4. The van der Waals surface area contributed by atoms with E-state index in [1.807, 2.05) is 0 Å². The van der Waals surface area contributed by atoms with E-state index in [1.165, 1.54) is 0 Å². The van der Waals surface area contributed by atoms with E-state index in [9.17, 15) is 8.42 Å². The summed E-state index contributed by atoms with van der Waals surface area (Å²) in [4.78, 5) is 0. The van der Waals surface area contributed by atoms with E-state index in [0.29, 0.717) is 26.1 Å². The van der Waals surface area contributed by atoms with Crippen molar-refractivity contribution in [2.75, 3.05) is 18.8 Å². The fourth-order valence-electron chi connectivity index (χ4n) is 1.18. The van der Waals surface area contributed by atoms with Gasteiger partial charge in [-0.15, -0.1) is 5.10 Å². The monoisotopic (exact) mass is 247 g/mol. The van der Waals surface area contributed by atoms with Crippen molar-refractivity contribution in [3.8, 4) is 0 Å². The summed E-state index contributed by atoms with van der Waals surface area (Å²) in [5, 5.41) is 7.35. The second-order valence-corrected chi connectivity index (χ2v) is 5.30. The largest absolute Gasteiger partial charge is 0.330 e. The summed E-state index contributed by atoms with van der Waals surface area (Å²) in [6.45, 7) is 1.33. The summed E-state index contributed by atoms with van der Waals surface area (Å²) in [6.07, 6.45) is 4.55. The van der Waals surface area contributed by atoms with Gasteiger partial charge < -0.3 is 5.73 Å². The number of unbranched alkanes of at least 4 members (excludes halogenated alkanes) is 1. The number of hydrogen-bond acceptors (Lipinski definition) is 5. The molecule has 16 heavy (non-hydrogen) atoms. The molecule has 92 valence electrons. The van der Waals surface area contributed by atoms with Gasteiger partial charge in [-0.1, -0.05) is 5.21 Å². The van der Waals surface area contributed by atoms with E-state index in [-0.39, 0.29) is 5.75 Å².